The summed E-state index contributed by atoms with van der Waals surface area (Å²) in [6.45, 7) is 7.45. The molecule has 0 aromatic rings. The Bertz CT molecular complexity index is 245. The van der Waals surface area contributed by atoms with Crippen LogP contribution < -0.4 is 5.73 Å². The molecule has 4 heteroatoms. The maximum Gasteiger partial charge on any atom is 0.225 e. The number of nitrogens with zero attached hydrogens (tertiary/aromatic N) is 1. The third kappa shape index (κ3) is 9.32. The first-order chi connectivity index (χ1) is 9.52. The van der Waals surface area contributed by atoms with Crippen molar-refractivity contribution in [3.05, 3.63) is 0 Å². The monoisotopic (exact) mass is 286 g/mol. The predicted molar refractivity (Wildman–Crippen MR) is 84.5 cm³/mol. The lowest BCUT2D eigenvalue weighted by Gasteiger charge is -2.25. The highest BCUT2D eigenvalue weighted by atomic mass is 16.3. The standard InChI is InChI=1S/C16H34N2O2/c1-4-5-6-7-11-18(12-13-19)16(20)14(2)9-8-10-15(3)17/h14-15,19H,4-13,17H2,1-3H3. The van der Waals surface area contributed by atoms with Gasteiger partial charge in [-0.1, -0.05) is 39.5 Å². The number of nitrogens with two attached hydrogens (primary N) is 1. The van der Waals surface area contributed by atoms with E-state index in [2.05, 4.69) is 6.92 Å². The molecular weight excluding hydrogens is 252 g/mol. The van der Waals surface area contributed by atoms with E-state index in [1.54, 1.807) is 0 Å². The van der Waals surface area contributed by atoms with Gasteiger partial charge in [-0.05, 0) is 26.2 Å². The van der Waals surface area contributed by atoms with E-state index in [1.165, 1.54) is 12.8 Å². The molecule has 20 heavy (non-hydrogen) atoms. The second-order valence-electron chi connectivity index (χ2n) is 5.92. The van der Waals surface area contributed by atoms with Gasteiger partial charge in [-0.2, -0.15) is 0 Å². The van der Waals surface area contributed by atoms with Crippen LogP contribution in [0.3, 0.4) is 0 Å². The summed E-state index contributed by atoms with van der Waals surface area (Å²) in [5.74, 6) is 0.215. The minimum absolute atomic E-state index is 0.0338. The fraction of sp³-hybridized carbons (Fsp3) is 0.938. The van der Waals surface area contributed by atoms with Crippen LogP contribution in [-0.4, -0.2) is 41.7 Å². The number of carbonyl (C=O) groups excluding carboxylic acids is 1. The summed E-state index contributed by atoms with van der Waals surface area (Å²) in [5, 5.41) is 9.11. The lowest BCUT2D eigenvalue weighted by atomic mass is 10.0. The maximum absolute atomic E-state index is 12.4. The van der Waals surface area contributed by atoms with Crippen molar-refractivity contribution in [2.24, 2.45) is 11.7 Å². The SMILES string of the molecule is CCCCCCN(CCO)C(=O)C(C)CCCC(C)N. The van der Waals surface area contributed by atoms with Gasteiger partial charge in [-0.25, -0.2) is 0 Å². The number of aliphatic hydroxyl groups is 1. The number of carbonyl (C=O) groups is 1. The molecule has 0 aliphatic rings. The second kappa shape index (κ2) is 12.2. The van der Waals surface area contributed by atoms with Crippen molar-refractivity contribution in [1.29, 1.82) is 0 Å². The van der Waals surface area contributed by atoms with Crippen LogP contribution in [0.5, 0.6) is 0 Å². The van der Waals surface area contributed by atoms with Crippen molar-refractivity contribution in [2.75, 3.05) is 19.7 Å². The third-order valence-corrected chi connectivity index (χ3v) is 3.68. The lowest BCUT2D eigenvalue weighted by molar-refractivity contribution is -0.135. The Hall–Kier alpha value is -0.610. The van der Waals surface area contributed by atoms with Crippen molar-refractivity contribution < 1.29 is 9.90 Å². The zero-order valence-electron chi connectivity index (χ0n) is 13.6. The first kappa shape index (κ1) is 19.4. The Kier molecular flexibility index (Phi) is 11.8. The quantitative estimate of drug-likeness (QED) is 0.542. The van der Waals surface area contributed by atoms with E-state index < -0.39 is 0 Å². The average Bonchev–Trinajstić information content (AvgIpc) is 2.41. The molecule has 3 N–H and O–H groups in total. The Morgan fingerprint density at radius 3 is 2.35 bits per heavy atom. The normalized spacial score (nSPS) is 14.1. The van der Waals surface area contributed by atoms with Gasteiger partial charge in [-0.3, -0.25) is 4.79 Å². The van der Waals surface area contributed by atoms with Gasteiger partial charge in [-0.15, -0.1) is 0 Å². The van der Waals surface area contributed by atoms with Gasteiger partial charge in [0.1, 0.15) is 0 Å². The summed E-state index contributed by atoms with van der Waals surface area (Å²) in [6.07, 6.45) is 7.45. The van der Waals surface area contributed by atoms with E-state index >= 15 is 0 Å². The van der Waals surface area contributed by atoms with Gasteiger partial charge in [0, 0.05) is 25.0 Å². The molecule has 4 nitrogen and oxygen atoms in total. The third-order valence-electron chi connectivity index (χ3n) is 3.68. The minimum atomic E-state index is 0.0338. The number of rotatable bonds is 12. The summed E-state index contributed by atoms with van der Waals surface area (Å²) in [7, 11) is 0. The van der Waals surface area contributed by atoms with Gasteiger partial charge in [0.05, 0.1) is 6.61 Å². The summed E-state index contributed by atoms with van der Waals surface area (Å²) in [6, 6.07) is 0.208. The van der Waals surface area contributed by atoms with Crippen LogP contribution in [0.15, 0.2) is 0 Å². The van der Waals surface area contributed by atoms with Crippen LogP contribution in [0.1, 0.15) is 65.7 Å². The Balaban J connectivity index is 4.10. The van der Waals surface area contributed by atoms with Crippen LogP contribution >= 0.6 is 0 Å². The average molecular weight is 286 g/mol. The predicted octanol–water partition coefficient (Wildman–Crippen LogP) is 2.54. The molecule has 0 aliphatic carbocycles. The number of amides is 1. The largest absolute Gasteiger partial charge is 0.395 e. The summed E-state index contributed by atoms with van der Waals surface area (Å²) in [5.41, 5.74) is 5.73. The molecule has 0 rings (SSSR count). The number of unbranched alkanes of at least 4 members (excludes halogenated alkanes) is 3. The first-order valence-electron chi connectivity index (χ1n) is 8.18. The highest BCUT2D eigenvalue weighted by Crippen LogP contribution is 2.13. The van der Waals surface area contributed by atoms with Gasteiger partial charge in [0.2, 0.25) is 5.91 Å². The maximum atomic E-state index is 12.4. The second-order valence-corrected chi connectivity index (χ2v) is 5.92. The first-order valence-corrected chi connectivity index (χ1v) is 8.18. The minimum Gasteiger partial charge on any atom is -0.395 e. The molecule has 0 heterocycles. The molecule has 0 aromatic carbocycles. The van der Waals surface area contributed by atoms with Crippen LogP contribution in [-0.2, 0) is 4.79 Å². The smallest absolute Gasteiger partial charge is 0.225 e. The fourth-order valence-electron chi connectivity index (χ4n) is 2.36. The summed E-state index contributed by atoms with van der Waals surface area (Å²) in [4.78, 5) is 14.2. The molecule has 2 unspecified atom stereocenters. The van der Waals surface area contributed by atoms with Crippen LogP contribution in [0, 0.1) is 5.92 Å². The van der Waals surface area contributed by atoms with E-state index in [4.69, 9.17) is 10.8 Å². The van der Waals surface area contributed by atoms with Crippen molar-refractivity contribution in [3.8, 4) is 0 Å². The van der Waals surface area contributed by atoms with Crippen molar-refractivity contribution in [1.82, 2.24) is 4.90 Å². The number of hydrogen-bond donors (Lipinski definition) is 2. The van der Waals surface area contributed by atoms with Gasteiger partial charge in [0.25, 0.3) is 0 Å². The van der Waals surface area contributed by atoms with Crippen LogP contribution in [0.25, 0.3) is 0 Å². The molecule has 1 amide bonds. The van der Waals surface area contributed by atoms with E-state index in [9.17, 15) is 4.79 Å². The zero-order chi connectivity index (χ0) is 15.4. The van der Waals surface area contributed by atoms with Crippen molar-refractivity contribution >= 4 is 5.91 Å². The van der Waals surface area contributed by atoms with E-state index in [0.29, 0.717) is 6.54 Å². The molecule has 0 bridgehead atoms. The molecule has 0 aromatic heterocycles. The molecule has 0 saturated carbocycles. The fourth-order valence-corrected chi connectivity index (χ4v) is 2.36. The Labute approximate surface area is 124 Å². The van der Waals surface area contributed by atoms with Crippen molar-refractivity contribution in [3.63, 3.8) is 0 Å². The number of aliphatic hydroxyl groups excluding tert-OH is 1. The van der Waals surface area contributed by atoms with E-state index in [0.717, 1.165) is 38.6 Å². The highest BCUT2D eigenvalue weighted by Gasteiger charge is 2.19. The summed E-state index contributed by atoms with van der Waals surface area (Å²) >= 11 is 0. The lowest BCUT2D eigenvalue weighted by Crippen LogP contribution is -2.38. The Morgan fingerprint density at radius 2 is 1.80 bits per heavy atom. The van der Waals surface area contributed by atoms with Crippen molar-refractivity contribution in [2.45, 2.75) is 71.8 Å². The molecule has 0 radical (unpaired) electrons. The van der Waals surface area contributed by atoms with E-state index in [-0.39, 0.29) is 24.5 Å². The molecule has 0 aliphatic heterocycles. The molecule has 0 fully saturated rings. The molecule has 0 spiro atoms. The molecular formula is C16H34N2O2. The van der Waals surface area contributed by atoms with E-state index in [1.807, 2.05) is 18.7 Å². The zero-order valence-corrected chi connectivity index (χ0v) is 13.6. The van der Waals surface area contributed by atoms with Crippen LogP contribution in [0.2, 0.25) is 0 Å². The van der Waals surface area contributed by atoms with Gasteiger partial charge >= 0.3 is 0 Å². The molecule has 120 valence electrons. The molecule has 0 saturated heterocycles. The van der Waals surface area contributed by atoms with Gasteiger partial charge in [0.15, 0.2) is 0 Å². The van der Waals surface area contributed by atoms with Crippen LogP contribution in [0.4, 0.5) is 0 Å². The Morgan fingerprint density at radius 1 is 1.10 bits per heavy atom. The highest BCUT2D eigenvalue weighted by molar-refractivity contribution is 5.78. The summed E-state index contributed by atoms with van der Waals surface area (Å²) < 4.78 is 0. The number of hydrogen-bond acceptors (Lipinski definition) is 3. The topological polar surface area (TPSA) is 66.6 Å². The van der Waals surface area contributed by atoms with Gasteiger partial charge < -0.3 is 15.7 Å². The molecule has 2 atom stereocenters.